The third kappa shape index (κ3) is 5.51. The zero-order valence-electron chi connectivity index (χ0n) is 24.2. The minimum atomic E-state index is -2.81. The summed E-state index contributed by atoms with van der Waals surface area (Å²) in [7, 11) is -2.81. The third-order valence-corrected chi connectivity index (χ3v) is 11.3. The lowest BCUT2D eigenvalue weighted by Gasteiger charge is -2.32. The Morgan fingerprint density at radius 1 is 1.39 bits per heavy atom. The van der Waals surface area contributed by atoms with E-state index in [-0.39, 0.29) is 35.8 Å². The molecule has 4 heterocycles. The highest BCUT2D eigenvalue weighted by Gasteiger charge is 2.66. The largest absolute Gasteiger partial charge is 0.432 e. The number of carbonyl (C=O) groups excluding carboxylic acids is 2. The van der Waals surface area contributed by atoms with Gasteiger partial charge >= 0.3 is 0 Å². The Labute approximate surface area is 242 Å². The molecule has 41 heavy (non-hydrogen) atoms. The molecule has 1 spiro atoms. The smallest absolute Gasteiger partial charge is 0.264 e. The second-order valence-corrected chi connectivity index (χ2v) is 16.0. The molecular formula is C29H42N6O5Si. The SMILES string of the molecule is C=CCN1C(=O)[C@@]2(O[C@@H](CCn3cc(CCO)nn3)[C@H]([Si](C)(C)O)[C@H]2C)c2cc(NC(=O)C3CCCNC3)ccc21. The molecule has 3 aliphatic rings. The molecule has 0 saturated carbocycles. The highest BCUT2D eigenvalue weighted by Crippen LogP contribution is 2.60. The molecule has 12 heteroatoms. The van der Waals surface area contributed by atoms with Crippen LogP contribution in [0.3, 0.4) is 0 Å². The Hall–Kier alpha value is -2.90. The van der Waals surface area contributed by atoms with Gasteiger partial charge in [-0.1, -0.05) is 18.2 Å². The average Bonchev–Trinajstić information content (AvgIpc) is 3.58. The van der Waals surface area contributed by atoms with Crippen molar-refractivity contribution in [2.24, 2.45) is 11.8 Å². The summed E-state index contributed by atoms with van der Waals surface area (Å²) in [6.07, 6.45) is 5.87. The standard InChI is InChI=1S/C29H42N6O5Si/c1-5-13-35-24-9-8-21(31-27(37)20-7-6-12-30-17-20)16-23(24)29(28(35)38)19(2)26(41(3,4)39)25(40-29)10-14-34-18-22(11-15-36)32-33-34/h5,8-9,16,18-20,25-26,30,36,39H,1,6-7,10-15,17H2,2-4H3,(H,31,37)/t19-,20?,25+,26-,29+/m1/s1. The molecule has 222 valence electrons. The summed E-state index contributed by atoms with van der Waals surface area (Å²) in [6, 6.07) is 5.59. The minimum Gasteiger partial charge on any atom is -0.432 e. The van der Waals surface area contributed by atoms with Crippen molar-refractivity contribution >= 4 is 31.5 Å². The van der Waals surface area contributed by atoms with Gasteiger partial charge in [0.15, 0.2) is 13.9 Å². The van der Waals surface area contributed by atoms with Gasteiger partial charge in [0, 0.05) is 61.6 Å². The van der Waals surface area contributed by atoms with Crippen LogP contribution in [0.4, 0.5) is 11.4 Å². The number of ether oxygens (including phenoxy) is 1. The second-order valence-electron chi connectivity index (χ2n) is 12.1. The maximum atomic E-state index is 14.3. The molecule has 2 saturated heterocycles. The van der Waals surface area contributed by atoms with Crippen LogP contribution in [0.5, 0.6) is 0 Å². The molecule has 1 aromatic heterocycles. The summed E-state index contributed by atoms with van der Waals surface area (Å²) >= 11 is 0. The molecule has 0 radical (unpaired) electrons. The molecule has 5 atom stereocenters. The zero-order valence-corrected chi connectivity index (χ0v) is 25.2. The molecule has 2 fully saturated rings. The normalized spacial score (nSPS) is 27.8. The van der Waals surface area contributed by atoms with Crippen LogP contribution < -0.4 is 15.5 Å². The minimum absolute atomic E-state index is 0.000440. The molecule has 1 aromatic carbocycles. The quantitative estimate of drug-likeness (QED) is 0.247. The van der Waals surface area contributed by atoms with Gasteiger partial charge in [0.2, 0.25) is 5.91 Å². The van der Waals surface area contributed by atoms with Gasteiger partial charge < -0.3 is 30.2 Å². The first-order valence-electron chi connectivity index (χ1n) is 14.6. The van der Waals surface area contributed by atoms with Crippen LogP contribution in [0.2, 0.25) is 18.6 Å². The van der Waals surface area contributed by atoms with E-state index in [1.165, 1.54) is 0 Å². The van der Waals surface area contributed by atoms with Crippen molar-refractivity contribution < 1.29 is 24.2 Å². The Bertz CT molecular complexity index is 1290. The highest BCUT2D eigenvalue weighted by atomic mass is 28.4. The fourth-order valence-corrected chi connectivity index (χ4v) is 9.59. The van der Waals surface area contributed by atoms with E-state index in [0.717, 1.165) is 25.1 Å². The molecule has 4 N–H and O–H groups in total. The van der Waals surface area contributed by atoms with Crippen LogP contribution in [0.1, 0.15) is 37.4 Å². The van der Waals surface area contributed by atoms with E-state index in [1.54, 1.807) is 21.9 Å². The van der Waals surface area contributed by atoms with Crippen LogP contribution in [0.15, 0.2) is 37.1 Å². The zero-order chi connectivity index (χ0) is 29.4. The van der Waals surface area contributed by atoms with E-state index >= 15 is 0 Å². The first kappa shape index (κ1) is 29.6. The second kappa shape index (κ2) is 11.8. The van der Waals surface area contributed by atoms with Gasteiger partial charge in [0.05, 0.1) is 23.4 Å². The predicted molar refractivity (Wildman–Crippen MR) is 158 cm³/mol. The van der Waals surface area contributed by atoms with E-state index < -0.39 is 20.0 Å². The number of amides is 2. The molecule has 2 aromatic rings. The van der Waals surface area contributed by atoms with Crippen LogP contribution >= 0.6 is 0 Å². The van der Waals surface area contributed by atoms with E-state index in [4.69, 9.17) is 4.74 Å². The summed E-state index contributed by atoms with van der Waals surface area (Å²) < 4.78 is 8.57. The molecule has 3 aliphatic heterocycles. The van der Waals surface area contributed by atoms with Gasteiger partial charge in [0.25, 0.3) is 5.91 Å². The van der Waals surface area contributed by atoms with E-state index in [2.05, 4.69) is 27.5 Å². The van der Waals surface area contributed by atoms with Gasteiger partial charge in [-0.15, -0.1) is 11.7 Å². The van der Waals surface area contributed by atoms with Crippen molar-refractivity contribution in [3.63, 3.8) is 0 Å². The lowest BCUT2D eigenvalue weighted by molar-refractivity contribution is -0.145. The lowest BCUT2D eigenvalue weighted by atomic mass is 9.82. The van der Waals surface area contributed by atoms with Gasteiger partial charge in [0.1, 0.15) is 0 Å². The number of carbonyl (C=O) groups is 2. The van der Waals surface area contributed by atoms with Crippen molar-refractivity contribution in [1.82, 2.24) is 20.3 Å². The molecule has 0 bridgehead atoms. The monoisotopic (exact) mass is 582 g/mol. The molecule has 11 nitrogen and oxygen atoms in total. The number of aliphatic hydroxyl groups excluding tert-OH is 1. The molecule has 2 amide bonds. The Kier molecular flexibility index (Phi) is 8.49. The highest BCUT2D eigenvalue weighted by molar-refractivity contribution is 6.71. The van der Waals surface area contributed by atoms with Crippen molar-refractivity contribution in [3.05, 3.63) is 48.3 Å². The number of piperidine rings is 1. The van der Waals surface area contributed by atoms with Crippen molar-refractivity contribution in [1.29, 1.82) is 0 Å². The first-order chi connectivity index (χ1) is 19.6. The predicted octanol–water partition coefficient (Wildman–Crippen LogP) is 2.17. The molecule has 1 unspecified atom stereocenters. The lowest BCUT2D eigenvalue weighted by Crippen LogP contribution is -2.46. The number of aromatic nitrogens is 3. The number of nitrogens with one attached hydrogen (secondary N) is 2. The summed E-state index contributed by atoms with van der Waals surface area (Å²) in [5, 5.41) is 23.9. The van der Waals surface area contributed by atoms with Crippen LogP contribution in [-0.2, 0) is 32.9 Å². The van der Waals surface area contributed by atoms with Gasteiger partial charge in [-0.3, -0.25) is 14.3 Å². The summed E-state index contributed by atoms with van der Waals surface area (Å²) in [5.74, 6) is -0.617. The van der Waals surface area contributed by atoms with Crippen molar-refractivity contribution in [3.8, 4) is 0 Å². The molecule has 0 aliphatic carbocycles. The molecular weight excluding hydrogens is 540 g/mol. The Balaban J connectivity index is 1.48. The Morgan fingerprint density at radius 3 is 2.88 bits per heavy atom. The number of anilines is 2. The maximum absolute atomic E-state index is 14.3. The van der Waals surface area contributed by atoms with Crippen LogP contribution in [-0.4, -0.2) is 77.4 Å². The number of hydrogen-bond donors (Lipinski definition) is 4. The topological polar surface area (TPSA) is 142 Å². The Morgan fingerprint density at radius 2 is 2.20 bits per heavy atom. The van der Waals surface area contributed by atoms with Crippen LogP contribution in [0.25, 0.3) is 0 Å². The number of aliphatic hydroxyl groups is 1. The summed E-state index contributed by atoms with van der Waals surface area (Å²) in [6.45, 7) is 12.1. The number of fused-ring (bicyclic) bond motifs is 2. The number of aryl methyl sites for hydroxylation is 1. The fraction of sp³-hybridized carbons (Fsp3) is 0.586. The first-order valence-corrected chi connectivity index (χ1v) is 17.6. The number of hydrogen-bond acceptors (Lipinski definition) is 8. The van der Waals surface area contributed by atoms with E-state index in [0.29, 0.717) is 49.4 Å². The van der Waals surface area contributed by atoms with Crippen LogP contribution in [0, 0.1) is 11.8 Å². The average molecular weight is 583 g/mol. The van der Waals surface area contributed by atoms with Crippen molar-refractivity contribution in [2.75, 3.05) is 36.5 Å². The van der Waals surface area contributed by atoms with Gasteiger partial charge in [-0.25, -0.2) is 0 Å². The third-order valence-electron chi connectivity index (χ3n) is 8.83. The van der Waals surface area contributed by atoms with E-state index in [1.807, 2.05) is 38.2 Å². The fourth-order valence-electron chi connectivity index (χ4n) is 6.99. The number of nitrogens with zero attached hydrogens (tertiary/aromatic N) is 4. The number of benzene rings is 1. The van der Waals surface area contributed by atoms with E-state index in [9.17, 15) is 19.5 Å². The van der Waals surface area contributed by atoms with Gasteiger partial charge in [-0.05, 0) is 57.1 Å². The maximum Gasteiger partial charge on any atom is 0.264 e. The van der Waals surface area contributed by atoms with Crippen molar-refractivity contribution in [2.45, 2.75) is 69.5 Å². The number of rotatable bonds is 10. The summed E-state index contributed by atoms with van der Waals surface area (Å²) in [4.78, 5) is 40.5. The van der Waals surface area contributed by atoms with Gasteiger partial charge in [-0.2, -0.15) is 0 Å². The molecule has 5 rings (SSSR count). The summed E-state index contributed by atoms with van der Waals surface area (Å²) in [5.41, 5.74) is 1.26.